The van der Waals surface area contributed by atoms with E-state index in [1.54, 1.807) is 26.4 Å². The number of anilines is 1. The van der Waals surface area contributed by atoms with Crippen molar-refractivity contribution in [3.8, 4) is 11.5 Å². The van der Waals surface area contributed by atoms with E-state index in [4.69, 9.17) is 9.47 Å². The molecule has 0 bridgehead atoms. The summed E-state index contributed by atoms with van der Waals surface area (Å²) >= 11 is 0. The summed E-state index contributed by atoms with van der Waals surface area (Å²) in [6.07, 6.45) is 6.20. The van der Waals surface area contributed by atoms with Gasteiger partial charge in [0.1, 0.15) is 0 Å². The molecule has 0 spiro atoms. The monoisotopic (exact) mass is 320 g/mol. The molecule has 5 heteroatoms. The summed E-state index contributed by atoms with van der Waals surface area (Å²) in [5.41, 5.74) is 0.728. The van der Waals surface area contributed by atoms with E-state index in [1.165, 1.54) is 32.1 Å². The molecule has 1 aliphatic heterocycles. The largest absolute Gasteiger partial charge is 0.493 e. The zero-order valence-electron chi connectivity index (χ0n) is 14.4. The molecule has 1 aromatic carbocycles. The highest BCUT2D eigenvalue weighted by molar-refractivity contribution is 5.94. The standard InChI is InChI=1S/C18H28N2O3/c1-14(20-11-7-5-4-6-8-12-20)18(21)19-15-9-10-16(22-2)17(13-15)23-3/h9-10,13-14H,4-8,11-12H2,1-3H3,(H,19,21)/t14-/m0/s1. The number of hydrogen-bond donors (Lipinski definition) is 1. The average molecular weight is 320 g/mol. The van der Waals surface area contributed by atoms with E-state index in [-0.39, 0.29) is 11.9 Å². The molecule has 0 aliphatic carbocycles. The Morgan fingerprint density at radius 2 is 1.65 bits per heavy atom. The van der Waals surface area contributed by atoms with Crippen LogP contribution in [-0.4, -0.2) is 44.2 Å². The SMILES string of the molecule is COc1ccc(NC(=O)[C@H](C)N2CCCCCCC2)cc1OC. The zero-order chi connectivity index (χ0) is 16.7. The number of benzene rings is 1. The van der Waals surface area contributed by atoms with E-state index in [2.05, 4.69) is 10.2 Å². The molecule has 0 saturated carbocycles. The van der Waals surface area contributed by atoms with Crippen molar-refractivity contribution in [2.24, 2.45) is 0 Å². The highest BCUT2D eigenvalue weighted by atomic mass is 16.5. The molecule has 1 heterocycles. The number of methoxy groups -OCH3 is 2. The minimum atomic E-state index is -0.124. The van der Waals surface area contributed by atoms with Crippen molar-refractivity contribution in [2.75, 3.05) is 32.6 Å². The van der Waals surface area contributed by atoms with Crippen LogP contribution in [0.25, 0.3) is 0 Å². The van der Waals surface area contributed by atoms with Gasteiger partial charge in [0, 0.05) is 11.8 Å². The maximum Gasteiger partial charge on any atom is 0.241 e. The molecule has 0 unspecified atom stereocenters. The Hall–Kier alpha value is -1.75. The van der Waals surface area contributed by atoms with E-state index < -0.39 is 0 Å². The molecule has 1 saturated heterocycles. The van der Waals surface area contributed by atoms with Crippen LogP contribution in [-0.2, 0) is 4.79 Å². The number of carbonyl (C=O) groups excluding carboxylic acids is 1. The predicted molar refractivity (Wildman–Crippen MR) is 92.3 cm³/mol. The Morgan fingerprint density at radius 1 is 1.04 bits per heavy atom. The number of nitrogens with one attached hydrogen (secondary N) is 1. The third-order valence-electron chi connectivity index (χ3n) is 4.47. The van der Waals surface area contributed by atoms with Gasteiger partial charge in [0.2, 0.25) is 5.91 Å². The Kier molecular flexibility index (Phi) is 6.71. The van der Waals surface area contributed by atoms with Crippen LogP contribution in [0.15, 0.2) is 18.2 Å². The Balaban J connectivity index is 1.99. The summed E-state index contributed by atoms with van der Waals surface area (Å²) in [5.74, 6) is 1.30. The van der Waals surface area contributed by atoms with Crippen LogP contribution in [0.5, 0.6) is 11.5 Å². The summed E-state index contributed by atoms with van der Waals surface area (Å²) in [4.78, 5) is 14.8. The van der Waals surface area contributed by atoms with Crippen LogP contribution >= 0.6 is 0 Å². The predicted octanol–water partition coefficient (Wildman–Crippen LogP) is 3.30. The molecule has 0 radical (unpaired) electrons. The normalized spacial score (nSPS) is 17.7. The van der Waals surface area contributed by atoms with Crippen LogP contribution in [0.3, 0.4) is 0 Å². The van der Waals surface area contributed by atoms with E-state index in [9.17, 15) is 4.79 Å². The fourth-order valence-electron chi connectivity index (χ4n) is 2.99. The number of rotatable bonds is 5. The number of nitrogens with zero attached hydrogens (tertiary/aromatic N) is 1. The van der Waals surface area contributed by atoms with Gasteiger partial charge in [-0.05, 0) is 45.0 Å². The van der Waals surface area contributed by atoms with Gasteiger partial charge in [-0.25, -0.2) is 0 Å². The van der Waals surface area contributed by atoms with E-state index >= 15 is 0 Å². The highest BCUT2D eigenvalue weighted by Crippen LogP contribution is 2.29. The molecule has 5 nitrogen and oxygen atoms in total. The van der Waals surface area contributed by atoms with Gasteiger partial charge in [-0.1, -0.05) is 19.3 Å². The molecule has 1 N–H and O–H groups in total. The van der Waals surface area contributed by atoms with Gasteiger partial charge in [-0.15, -0.1) is 0 Å². The van der Waals surface area contributed by atoms with Crippen molar-refractivity contribution >= 4 is 11.6 Å². The summed E-state index contributed by atoms with van der Waals surface area (Å²) in [6.45, 7) is 3.98. The molecule has 1 aliphatic rings. The summed E-state index contributed by atoms with van der Waals surface area (Å²) < 4.78 is 10.5. The molecular formula is C18H28N2O3. The molecule has 1 fully saturated rings. The van der Waals surface area contributed by atoms with Crippen molar-refractivity contribution in [2.45, 2.75) is 45.1 Å². The van der Waals surface area contributed by atoms with Gasteiger partial charge in [0.25, 0.3) is 0 Å². The van der Waals surface area contributed by atoms with Crippen molar-refractivity contribution in [3.05, 3.63) is 18.2 Å². The minimum absolute atomic E-state index is 0.0257. The van der Waals surface area contributed by atoms with E-state index in [0.717, 1.165) is 18.8 Å². The molecule has 2 rings (SSSR count). The topological polar surface area (TPSA) is 50.8 Å². The molecule has 1 atom stereocenters. The second-order valence-corrected chi connectivity index (χ2v) is 6.04. The van der Waals surface area contributed by atoms with Crippen molar-refractivity contribution in [1.82, 2.24) is 4.90 Å². The number of hydrogen-bond acceptors (Lipinski definition) is 4. The number of carbonyl (C=O) groups is 1. The van der Waals surface area contributed by atoms with E-state index in [1.807, 2.05) is 13.0 Å². The number of ether oxygens (including phenoxy) is 2. The summed E-state index contributed by atoms with van der Waals surface area (Å²) in [7, 11) is 3.19. The third kappa shape index (κ3) is 4.86. The lowest BCUT2D eigenvalue weighted by Crippen LogP contribution is -2.43. The van der Waals surface area contributed by atoms with Crippen molar-refractivity contribution in [1.29, 1.82) is 0 Å². The van der Waals surface area contributed by atoms with Crippen LogP contribution < -0.4 is 14.8 Å². The molecular weight excluding hydrogens is 292 g/mol. The highest BCUT2D eigenvalue weighted by Gasteiger charge is 2.22. The first-order valence-corrected chi connectivity index (χ1v) is 8.42. The van der Waals surface area contributed by atoms with Crippen LogP contribution in [0.2, 0.25) is 0 Å². The minimum Gasteiger partial charge on any atom is -0.493 e. The van der Waals surface area contributed by atoms with Crippen molar-refractivity contribution in [3.63, 3.8) is 0 Å². The average Bonchev–Trinajstić information content (AvgIpc) is 2.53. The molecule has 128 valence electrons. The maximum absolute atomic E-state index is 12.5. The Bertz CT molecular complexity index is 511. The molecule has 0 aromatic heterocycles. The second-order valence-electron chi connectivity index (χ2n) is 6.04. The van der Waals surface area contributed by atoms with Gasteiger partial charge in [0.05, 0.1) is 20.3 Å². The first-order valence-electron chi connectivity index (χ1n) is 8.42. The van der Waals surface area contributed by atoms with Crippen LogP contribution in [0, 0.1) is 0 Å². The van der Waals surface area contributed by atoms with E-state index in [0.29, 0.717) is 11.5 Å². The van der Waals surface area contributed by atoms with Crippen LogP contribution in [0.1, 0.15) is 39.0 Å². The fraction of sp³-hybridized carbons (Fsp3) is 0.611. The lowest BCUT2D eigenvalue weighted by Gasteiger charge is -2.29. The van der Waals surface area contributed by atoms with Gasteiger partial charge in [0.15, 0.2) is 11.5 Å². The first-order chi connectivity index (χ1) is 11.2. The third-order valence-corrected chi connectivity index (χ3v) is 4.47. The second kappa shape index (κ2) is 8.77. The molecule has 1 aromatic rings. The van der Waals surface area contributed by atoms with Gasteiger partial charge < -0.3 is 14.8 Å². The zero-order valence-corrected chi connectivity index (χ0v) is 14.4. The Labute approximate surface area is 139 Å². The lowest BCUT2D eigenvalue weighted by molar-refractivity contribution is -0.120. The van der Waals surface area contributed by atoms with Crippen molar-refractivity contribution < 1.29 is 14.3 Å². The van der Waals surface area contributed by atoms with Gasteiger partial charge in [-0.2, -0.15) is 0 Å². The maximum atomic E-state index is 12.5. The summed E-state index contributed by atoms with van der Waals surface area (Å²) in [6, 6.07) is 5.30. The first kappa shape index (κ1) is 17.6. The number of amides is 1. The molecule has 23 heavy (non-hydrogen) atoms. The molecule has 1 amide bonds. The van der Waals surface area contributed by atoms with Gasteiger partial charge in [-0.3, -0.25) is 9.69 Å². The smallest absolute Gasteiger partial charge is 0.241 e. The fourth-order valence-corrected chi connectivity index (χ4v) is 2.99. The number of likely N-dealkylation sites (tertiary alicyclic amines) is 1. The van der Waals surface area contributed by atoms with Crippen LogP contribution in [0.4, 0.5) is 5.69 Å². The quantitative estimate of drug-likeness (QED) is 0.904. The van der Waals surface area contributed by atoms with Gasteiger partial charge >= 0.3 is 0 Å². The lowest BCUT2D eigenvalue weighted by atomic mass is 10.1. The summed E-state index contributed by atoms with van der Waals surface area (Å²) in [5, 5.41) is 2.98. The Morgan fingerprint density at radius 3 is 2.26 bits per heavy atom.